The lowest BCUT2D eigenvalue weighted by Gasteiger charge is -2.36. The van der Waals surface area contributed by atoms with E-state index in [0.717, 1.165) is 43.4 Å². The van der Waals surface area contributed by atoms with Crippen molar-refractivity contribution in [3.8, 4) is 11.8 Å². The molecule has 1 aliphatic rings. The molecule has 6 nitrogen and oxygen atoms in total. The normalized spacial score (nSPS) is 14.5. The van der Waals surface area contributed by atoms with Gasteiger partial charge in [0.15, 0.2) is 0 Å². The van der Waals surface area contributed by atoms with E-state index in [9.17, 15) is 0 Å². The van der Waals surface area contributed by atoms with Gasteiger partial charge in [-0.1, -0.05) is 0 Å². The quantitative estimate of drug-likeness (QED) is 0.858. The molecule has 0 spiro atoms. The number of pyridine rings is 2. The van der Waals surface area contributed by atoms with Gasteiger partial charge in [0.05, 0.1) is 7.11 Å². The van der Waals surface area contributed by atoms with Crippen molar-refractivity contribution in [1.82, 2.24) is 9.97 Å². The highest BCUT2D eigenvalue weighted by Crippen LogP contribution is 2.22. The molecule has 0 N–H and O–H groups in total. The van der Waals surface area contributed by atoms with Crippen LogP contribution in [0.3, 0.4) is 0 Å². The molecule has 0 unspecified atom stereocenters. The molecule has 0 amide bonds. The first-order valence-electron chi connectivity index (χ1n) is 7.16. The predicted molar refractivity (Wildman–Crippen MR) is 84.2 cm³/mol. The summed E-state index contributed by atoms with van der Waals surface area (Å²) >= 11 is 0. The van der Waals surface area contributed by atoms with Gasteiger partial charge < -0.3 is 14.5 Å². The Bertz CT molecular complexity index is 689. The highest BCUT2D eigenvalue weighted by atomic mass is 16.5. The summed E-state index contributed by atoms with van der Waals surface area (Å²) in [7, 11) is 1.66. The van der Waals surface area contributed by atoms with Crippen LogP contribution in [0.5, 0.6) is 5.75 Å². The summed E-state index contributed by atoms with van der Waals surface area (Å²) in [4.78, 5) is 12.9. The molecule has 1 fully saturated rings. The molecular weight excluding hydrogens is 278 g/mol. The van der Waals surface area contributed by atoms with Crippen molar-refractivity contribution in [1.29, 1.82) is 5.26 Å². The molecule has 1 saturated heterocycles. The fourth-order valence-corrected chi connectivity index (χ4v) is 2.57. The van der Waals surface area contributed by atoms with Gasteiger partial charge in [-0.15, -0.1) is 0 Å². The van der Waals surface area contributed by atoms with Crippen LogP contribution < -0.4 is 14.5 Å². The molecule has 0 aromatic carbocycles. The molecule has 0 atom stereocenters. The lowest BCUT2D eigenvalue weighted by atomic mass is 10.2. The Kier molecular flexibility index (Phi) is 4.05. The molecule has 3 heterocycles. The Morgan fingerprint density at radius 3 is 2.50 bits per heavy atom. The largest absolute Gasteiger partial charge is 0.497 e. The maximum atomic E-state index is 8.94. The average molecular weight is 295 g/mol. The summed E-state index contributed by atoms with van der Waals surface area (Å²) in [5.74, 6) is 1.76. The molecule has 112 valence electrons. The molecule has 3 rings (SSSR count). The third kappa shape index (κ3) is 2.93. The minimum Gasteiger partial charge on any atom is -0.497 e. The molecule has 0 aliphatic carbocycles. The zero-order valence-electron chi connectivity index (χ0n) is 12.4. The maximum Gasteiger partial charge on any atom is 0.142 e. The third-order valence-corrected chi connectivity index (χ3v) is 3.78. The van der Waals surface area contributed by atoms with Crippen LogP contribution in [0.15, 0.2) is 36.7 Å². The second kappa shape index (κ2) is 6.31. The Morgan fingerprint density at radius 2 is 1.77 bits per heavy atom. The molecule has 22 heavy (non-hydrogen) atoms. The van der Waals surface area contributed by atoms with Gasteiger partial charge in [0, 0.05) is 50.3 Å². The van der Waals surface area contributed by atoms with E-state index in [4.69, 9.17) is 10.00 Å². The van der Waals surface area contributed by atoms with Crippen LogP contribution in [0.1, 0.15) is 5.69 Å². The zero-order chi connectivity index (χ0) is 15.4. The van der Waals surface area contributed by atoms with Gasteiger partial charge in [0.2, 0.25) is 0 Å². The average Bonchev–Trinajstić information content (AvgIpc) is 2.62. The predicted octanol–water partition coefficient (Wildman–Crippen LogP) is 1.68. The van der Waals surface area contributed by atoms with Crippen LogP contribution in [0, 0.1) is 11.3 Å². The van der Waals surface area contributed by atoms with Gasteiger partial charge in [-0.05, 0) is 18.2 Å². The zero-order valence-corrected chi connectivity index (χ0v) is 12.4. The lowest BCUT2D eigenvalue weighted by Crippen LogP contribution is -2.46. The third-order valence-electron chi connectivity index (χ3n) is 3.78. The van der Waals surface area contributed by atoms with E-state index in [0.29, 0.717) is 5.69 Å². The second-order valence-corrected chi connectivity index (χ2v) is 5.04. The molecule has 0 bridgehead atoms. The minimum atomic E-state index is 0.453. The van der Waals surface area contributed by atoms with Crippen molar-refractivity contribution in [3.05, 3.63) is 42.4 Å². The van der Waals surface area contributed by atoms with E-state index in [1.165, 1.54) is 0 Å². The van der Waals surface area contributed by atoms with E-state index in [1.807, 2.05) is 24.3 Å². The Morgan fingerprint density at radius 1 is 1.05 bits per heavy atom. The fourth-order valence-electron chi connectivity index (χ4n) is 2.57. The first-order valence-corrected chi connectivity index (χ1v) is 7.16. The number of methoxy groups -OCH3 is 1. The number of anilines is 2. The van der Waals surface area contributed by atoms with Crippen molar-refractivity contribution in [3.63, 3.8) is 0 Å². The van der Waals surface area contributed by atoms with Crippen molar-refractivity contribution in [2.75, 3.05) is 43.1 Å². The summed E-state index contributed by atoms with van der Waals surface area (Å²) in [6.07, 6.45) is 3.45. The maximum absolute atomic E-state index is 8.94. The molecule has 1 aliphatic heterocycles. The Hall–Kier alpha value is -2.81. The van der Waals surface area contributed by atoms with Crippen LogP contribution in [0.2, 0.25) is 0 Å². The monoisotopic (exact) mass is 295 g/mol. The summed E-state index contributed by atoms with van der Waals surface area (Å²) in [6, 6.07) is 9.66. The Labute approximate surface area is 129 Å². The van der Waals surface area contributed by atoms with Gasteiger partial charge in [0.25, 0.3) is 0 Å². The molecule has 0 saturated carbocycles. The molecule has 2 aromatic rings. The highest BCUT2D eigenvalue weighted by Gasteiger charge is 2.19. The van der Waals surface area contributed by atoms with E-state index in [-0.39, 0.29) is 0 Å². The molecule has 2 aromatic heterocycles. The van der Waals surface area contributed by atoms with Crippen LogP contribution in [0.25, 0.3) is 0 Å². The van der Waals surface area contributed by atoms with Crippen LogP contribution in [0.4, 0.5) is 11.5 Å². The number of aromatic nitrogens is 2. The van der Waals surface area contributed by atoms with E-state index >= 15 is 0 Å². The van der Waals surface area contributed by atoms with Gasteiger partial charge in [-0.3, -0.25) is 0 Å². The van der Waals surface area contributed by atoms with E-state index in [2.05, 4.69) is 25.8 Å². The number of hydrogen-bond donors (Lipinski definition) is 0. The fraction of sp³-hybridized carbons (Fsp3) is 0.312. The number of nitrogens with zero attached hydrogens (tertiary/aromatic N) is 5. The van der Waals surface area contributed by atoms with Gasteiger partial charge in [-0.25, -0.2) is 9.97 Å². The number of ether oxygens (including phenoxy) is 1. The Balaban J connectivity index is 1.68. The molecule has 0 radical (unpaired) electrons. The van der Waals surface area contributed by atoms with Gasteiger partial charge in [-0.2, -0.15) is 5.26 Å². The summed E-state index contributed by atoms with van der Waals surface area (Å²) in [5, 5.41) is 8.94. The van der Waals surface area contributed by atoms with Crippen LogP contribution in [-0.4, -0.2) is 43.3 Å². The van der Waals surface area contributed by atoms with E-state index in [1.54, 1.807) is 19.5 Å². The number of hydrogen-bond acceptors (Lipinski definition) is 6. The van der Waals surface area contributed by atoms with Crippen molar-refractivity contribution in [2.24, 2.45) is 0 Å². The number of nitriles is 1. The number of rotatable bonds is 3. The summed E-state index contributed by atoms with van der Waals surface area (Å²) in [6.45, 7) is 3.52. The van der Waals surface area contributed by atoms with Crippen LogP contribution >= 0.6 is 0 Å². The second-order valence-electron chi connectivity index (χ2n) is 5.04. The van der Waals surface area contributed by atoms with E-state index < -0.39 is 0 Å². The first-order chi connectivity index (χ1) is 10.8. The minimum absolute atomic E-state index is 0.453. The van der Waals surface area contributed by atoms with Crippen molar-refractivity contribution >= 4 is 11.5 Å². The summed E-state index contributed by atoms with van der Waals surface area (Å²) in [5.41, 5.74) is 1.50. The topological polar surface area (TPSA) is 65.3 Å². The van der Waals surface area contributed by atoms with Crippen molar-refractivity contribution < 1.29 is 4.74 Å². The lowest BCUT2D eigenvalue weighted by molar-refractivity contribution is 0.414. The number of piperazine rings is 1. The van der Waals surface area contributed by atoms with Gasteiger partial charge >= 0.3 is 0 Å². The summed E-state index contributed by atoms with van der Waals surface area (Å²) < 4.78 is 5.25. The first kappa shape index (κ1) is 14.1. The smallest absolute Gasteiger partial charge is 0.142 e. The molecular formula is C16H17N5O. The molecule has 6 heteroatoms. The SMILES string of the molecule is COc1ccnc(N2CCN(c3ccnc(C#N)c3)CC2)c1. The van der Waals surface area contributed by atoms with Gasteiger partial charge in [0.1, 0.15) is 23.3 Å². The standard InChI is InChI=1S/C16H17N5O/c1-22-15-3-5-19-16(11-15)21-8-6-20(7-9-21)14-2-4-18-13(10-14)12-17/h2-5,10-11H,6-9H2,1H3. The highest BCUT2D eigenvalue weighted by molar-refractivity contribution is 5.51. The van der Waals surface area contributed by atoms with Crippen LogP contribution in [-0.2, 0) is 0 Å². The van der Waals surface area contributed by atoms with Crippen molar-refractivity contribution in [2.45, 2.75) is 0 Å².